The number of aromatic nitrogens is 1. The number of benzene rings is 1. The monoisotopic (exact) mass is 289 g/mol. The summed E-state index contributed by atoms with van der Waals surface area (Å²) in [5.74, 6) is 0. The molecule has 4 rings (SSSR count). The summed E-state index contributed by atoms with van der Waals surface area (Å²) in [4.78, 5) is 6.87. The second-order valence-corrected chi connectivity index (χ2v) is 6.54. The van der Waals surface area contributed by atoms with Gasteiger partial charge in [0.1, 0.15) is 5.52 Å². The van der Waals surface area contributed by atoms with Crippen molar-refractivity contribution in [3.05, 3.63) is 17.6 Å². The molecular weight excluding hydrogens is 270 g/mol. The molecule has 20 heavy (non-hydrogen) atoms. The van der Waals surface area contributed by atoms with E-state index in [9.17, 15) is 0 Å². The van der Waals surface area contributed by atoms with Crippen LogP contribution in [0.4, 0.5) is 11.4 Å². The van der Waals surface area contributed by atoms with Crippen LogP contribution in [-0.4, -0.2) is 30.3 Å². The first kappa shape index (κ1) is 12.4. The molecule has 0 bridgehead atoms. The van der Waals surface area contributed by atoms with E-state index in [0.29, 0.717) is 12.1 Å². The molecule has 0 amide bonds. The minimum absolute atomic E-state index is 0.378. The lowest BCUT2D eigenvalue weighted by Crippen LogP contribution is -2.53. The van der Waals surface area contributed by atoms with Crippen LogP contribution in [0.25, 0.3) is 10.2 Å². The van der Waals surface area contributed by atoms with Crippen LogP contribution in [0.3, 0.4) is 0 Å². The summed E-state index contributed by atoms with van der Waals surface area (Å²) >= 11 is 1.65. The zero-order valence-electron chi connectivity index (χ0n) is 11.4. The van der Waals surface area contributed by atoms with Gasteiger partial charge in [0.25, 0.3) is 0 Å². The molecule has 2 aromatic rings. The maximum Gasteiger partial charge on any atom is 0.106 e. The second kappa shape index (κ2) is 4.90. The number of anilines is 2. The Balaban J connectivity index is 1.75. The molecule has 1 aromatic heterocycles. The average molecular weight is 289 g/mol. The van der Waals surface area contributed by atoms with E-state index in [-0.39, 0.29) is 0 Å². The molecule has 5 heteroatoms. The smallest absolute Gasteiger partial charge is 0.106 e. The van der Waals surface area contributed by atoms with Gasteiger partial charge >= 0.3 is 0 Å². The molecular formula is C15H19N3OS. The third-order valence-corrected chi connectivity index (χ3v) is 5.35. The normalized spacial score (nSPS) is 26.7. The van der Waals surface area contributed by atoms with E-state index in [2.05, 4.69) is 22.0 Å². The highest BCUT2D eigenvalue weighted by Gasteiger charge is 2.35. The Labute approximate surface area is 122 Å². The van der Waals surface area contributed by atoms with Crippen LogP contribution in [0.5, 0.6) is 0 Å². The molecule has 2 heterocycles. The summed E-state index contributed by atoms with van der Waals surface area (Å²) in [6, 6.07) is 4.79. The first-order valence-corrected chi connectivity index (χ1v) is 8.22. The first-order valence-electron chi connectivity index (χ1n) is 7.34. The minimum atomic E-state index is 0.378. The fraction of sp³-hybridized carbons (Fsp3) is 0.533. The van der Waals surface area contributed by atoms with Gasteiger partial charge < -0.3 is 15.4 Å². The molecule has 2 aliphatic rings. The Morgan fingerprint density at radius 1 is 1.30 bits per heavy atom. The van der Waals surface area contributed by atoms with Gasteiger partial charge in [-0.3, -0.25) is 0 Å². The van der Waals surface area contributed by atoms with Crippen LogP contribution >= 0.6 is 11.3 Å². The molecule has 2 N–H and O–H groups in total. The topological polar surface area (TPSA) is 51.4 Å². The van der Waals surface area contributed by atoms with Gasteiger partial charge in [-0.1, -0.05) is 12.8 Å². The Bertz CT molecular complexity index is 625. The Kier molecular flexibility index (Phi) is 3.04. The van der Waals surface area contributed by atoms with E-state index in [0.717, 1.165) is 30.0 Å². The molecule has 1 aliphatic heterocycles. The summed E-state index contributed by atoms with van der Waals surface area (Å²) in [6.45, 7) is 1.73. The first-order chi connectivity index (χ1) is 9.84. The highest BCUT2D eigenvalue weighted by atomic mass is 32.1. The maximum absolute atomic E-state index is 6.38. The third kappa shape index (κ3) is 1.88. The molecule has 2 atom stereocenters. The summed E-state index contributed by atoms with van der Waals surface area (Å²) in [5, 5.41) is 0. The molecule has 1 aromatic carbocycles. The predicted octanol–water partition coefficient (Wildman–Crippen LogP) is 3.03. The molecule has 1 aliphatic carbocycles. The Morgan fingerprint density at radius 2 is 2.20 bits per heavy atom. The number of nitrogens with two attached hydrogens (primary N) is 1. The highest BCUT2D eigenvalue weighted by Crippen LogP contribution is 2.38. The van der Waals surface area contributed by atoms with Gasteiger partial charge in [-0.25, -0.2) is 4.98 Å². The van der Waals surface area contributed by atoms with Crippen molar-refractivity contribution in [2.45, 2.75) is 37.8 Å². The molecule has 1 saturated carbocycles. The van der Waals surface area contributed by atoms with Crippen LogP contribution < -0.4 is 10.6 Å². The van der Waals surface area contributed by atoms with E-state index in [1.165, 1.54) is 30.4 Å². The van der Waals surface area contributed by atoms with Gasteiger partial charge in [-0.05, 0) is 25.0 Å². The molecule has 2 fully saturated rings. The Morgan fingerprint density at radius 3 is 3.15 bits per heavy atom. The number of hydrogen-bond acceptors (Lipinski definition) is 5. The van der Waals surface area contributed by atoms with Crippen molar-refractivity contribution >= 4 is 32.9 Å². The van der Waals surface area contributed by atoms with Crippen LogP contribution in [0.15, 0.2) is 17.6 Å². The number of thiazole rings is 1. The van der Waals surface area contributed by atoms with E-state index >= 15 is 0 Å². The standard InChI is InChI=1S/C15H19N3OS/c16-14-11(5-6-13-15(14)17-9-20-13)18-7-8-19-12-4-2-1-3-10(12)18/h5-6,9-10,12H,1-4,7-8,16H2. The summed E-state index contributed by atoms with van der Waals surface area (Å²) in [7, 11) is 0. The maximum atomic E-state index is 6.38. The number of nitrogen functional groups attached to an aromatic ring is 1. The minimum Gasteiger partial charge on any atom is -0.395 e. The summed E-state index contributed by atoms with van der Waals surface area (Å²) in [6.07, 6.45) is 5.34. The SMILES string of the molecule is Nc1c(N2CCOC3CCCCC32)ccc2scnc12. The van der Waals surface area contributed by atoms with Crippen molar-refractivity contribution < 1.29 is 4.74 Å². The number of ether oxygens (including phenoxy) is 1. The van der Waals surface area contributed by atoms with E-state index in [1.54, 1.807) is 11.3 Å². The zero-order valence-corrected chi connectivity index (χ0v) is 12.2. The zero-order chi connectivity index (χ0) is 13.5. The fourth-order valence-corrected chi connectivity index (χ4v) is 4.28. The summed E-state index contributed by atoms with van der Waals surface area (Å²) < 4.78 is 7.12. The van der Waals surface area contributed by atoms with Gasteiger partial charge in [0.15, 0.2) is 0 Å². The molecule has 106 valence electrons. The van der Waals surface area contributed by atoms with Crippen molar-refractivity contribution in [2.75, 3.05) is 23.8 Å². The Hall–Kier alpha value is -1.33. The van der Waals surface area contributed by atoms with Crippen LogP contribution in [-0.2, 0) is 4.74 Å². The van der Waals surface area contributed by atoms with Crippen molar-refractivity contribution in [3.8, 4) is 0 Å². The largest absolute Gasteiger partial charge is 0.395 e. The number of morpholine rings is 1. The highest BCUT2D eigenvalue weighted by molar-refractivity contribution is 7.16. The van der Waals surface area contributed by atoms with Gasteiger partial charge in [0.2, 0.25) is 0 Å². The molecule has 1 saturated heterocycles. The lowest BCUT2D eigenvalue weighted by Gasteiger charge is -2.45. The second-order valence-electron chi connectivity index (χ2n) is 5.65. The van der Waals surface area contributed by atoms with Gasteiger partial charge in [0.05, 0.1) is 40.3 Å². The third-order valence-electron chi connectivity index (χ3n) is 4.56. The van der Waals surface area contributed by atoms with Crippen molar-refractivity contribution in [1.82, 2.24) is 4.98 Å². The van der Waals surface area contributed by atoms with Crippen LogP contribution in [0.1, 0.15) is 25.7 Å². The van der Waals surface area contributed by atoms with Crippen LogP contribution in [0.2, 0.25) is 0 Å². The molecule has 2 unspecified atom stereocenters. The predicted molar refractivity (Wildman–Crippen MR) is 83.4 cm³/mol. The summed E-state index contributed by atoms with van der Waals surface area (Å²) in [5.41, 5.74) is 11.2. The molecule has 4 nitrogen and oxygen atoms in total. The average Bonchev–Trinajstić information content (AvgIpc) is 2.97. The number of nitrogens with zero attached hydrogens (tertiary/aromatic N) is 2. The van der Waals surface area contributed by atoms with Gasteiger partial charge in [0, 0.05) is 6.54 Å². The van der Waals surface area contributed by atoms with Crippen LogP contribution in [0, 0.1) is 0 Å². The van der Waals surface area contributed by atoms with E-state index in [1.807, 2.05) is 5.51 Å². The number of fused-ring (bicyclic) bond motifs is 2. The fourth-order valence-electron chi connectivity index (χ4n) is 3.59. The van der Waals surface area contributed by atoms with E-state index < -0.39 is 0 Å². The van der Waals surface area contributed by atoms with Gasteiger partial charge in [-0.15, -0.1) is 11.3 Å². The van der Waals surface area contributed by atoms with Gasteiger partial charge in [-0.2, -0.15) is 0 Å². The van der Waals surface area contributed by atoms with E-state index in [4.69, 9.17) is 10.5 Å². The lowest BCUT2D eigenvalue weighted by molar-refractivity contribution is -0.00861. The van der Waals surface area contributed by atoms with Crippen molar-refractivity contribution in [2.24, 2.45) is 0 Å². The van der Waals surface area contributed by atoms with Crippen molar-refractivity contribution in [1.29, 1.82) is 0 Å². The van der Waals surface area contributed by atoms with Crippen molar-refractivity contribution in [3.63, 3.8) is 0 Å². The quantitative estimate of drug-likeness (QED) is 0.820. The number of rotatable bonds is 1. The molecule has 0 spiro atoms. The lowest BCUT2D eigenvalue weighted by atomic mass is 9.89. The number of hydrogen-bond donors (Lipinski definition) is 1. The molecule has 0 radical (unpaired) electrons.